The van der Waals surface area contributed by atoms with Crippen molar-refractivity contribution in [2.45, 2.75) is 17.9 Å². The lowest BCUT2D eigenvalue weighted by Gasteiger charge is -2.14. The molecule has 0 fully saturated rings. The van der Waals surface area contributed by atoms with Gasteiger partial charge in [-0.15, -0.1) is 0 Å². The first-order valence-corrected chi connectivity index (χ1v) is 9.00. The summed E-state index contributed by atoms with van der Waals surface area (Å²) in [7, 11) is -3.75. The zero-order chi connectivity index (χ0) is 18.2. The highest BCUT2D eigenvalue weighted by Crippen LogP contribution is 2.19. The smallest absolute Gasteiger partial charge is 0.268 e. The highest BCUT2D eigenvalue weighted by Gasteiger charge is 2.15. The van der Waals surface area contributed by atoms with Gasteiger partial charge < -0.3 is 10.3 Å². The fourth-order valence-corrected chi connectivity index (χ4v) is 3.05. The summed E-state index contributed by atoms with van der Waals surface area (Å²) in [5.41, 5.74) is 1.70. The lowest BCUT2D eigenvalue weighted by atomic mass is 10.1. The van der Waals surface area contributed by atoms with Gasteiger partial charge in [0.25, 0.3) is 5.91 Å². The highest BCUT2D eigenvalue weighted by atomic mass is 32.2. The van der Waals surface area contributed by atoms with E-state index < -0.39 is 10.0 Å². The van der Waals surface area contributed by atoms with Crippen LogP contribution in [0.3, 0.4) is 0 Å². The molecular weight excluding hydrogens is 345 g/mol. The van der Waals surface area contributed by atoms with Crippen LogP contribution in [0.4, 0.5) is 4.39 Å². The van der Waals surface area contributed by atoms with Gasteiger partial charge in [-0.2, -0.15) is 0 Å². The number of benzene rings is 2. The van der Waals surface area contributed by atoms with Crippen LogP contribution in [0, 0.1) is 5.82 Å². The zero-order valence-corrected chi connectivity index (χ0v) is 14.1. The predicted molar refractivity (Wildman–Crippen MR) is 92.0 cm³/mol. The van der Waals surface area contributed by atoms with Crippen molar-refractivity contribution in [3.8, 4) is 0 Å². The zero-order valence-electron chi connectivity index (χ0n) is 13.3. The molecule has 2 aromatic carbocycles. The molecule has 1 amide bonds. The minimum absolute atomic E-state index is 0.00687. The Bertz CT molecular complexity index is 1040. The Morgan fingerprint density at radius 1 is 1.16 bits per heavy atom. The van der Waals surface area contributed by atoms with Crippen molar-refractivity contribution in [1.29, 1.82) is 0 Å². The molecule has 1 aromatic heterocycles. The Morgan fingerprint density at radius 2 is 1.84 bits per heavy atom. The molecule has 1 atom stereocenters. The first kappa shape index (κ1) is 17.1. The fourth-order valence-electron chi connectivity index (χ4n) is 2.53. The number of sulfonamides is 1. The highest BCUT2D eigenvalue weighted by molar-refractivity contribution is 7.89. The van der Waals surface area contributed by atoms with Crippen LogP contribution in [0.25, 0.3) is 10.9 Å². The number of nitrogens with two attached hydrogens (primary N) is 1. The van der Waals surface area contributed by atoms with E-state index >= 15 is 0 Å². The van der Waals surface area contributed by atoms with Gasteiger partial charge in [0, 0.05) is 10.9 Å². The lowest BCUT2D eigenvalue weighted by molar-refractivity contribution is 0.0935. The first-order chi connectivity index (χ1) is 11.7. The van der Waals surface area contributed by atoms with Crippen molar-refractivity contribution in [2.75, 3.05) is 0 Å². The standard InChI is InChI=1S/C17H16FN3O3S/c1-10(11-2-5-14(6-3-11)25(19,23)24)20-17(22)16-9-12-8-13(18)4-7-15(12)21-16/h2-10,21H,1H3,(H,20,22)(H2,19,23,24)/t10-/m1/s1. The normalized spacial score (nSPS) is 12.9. The summed E-state index contributed by atoms with van der Waals surface area (Å²) in [6.45, 7) is 1.77. The van der Waals surface area contributed by atoms with Gasteiger partial charge in [0.05, 0.1) is 10.9 Å². The first-order valence-electron chi connectivity index (χ1n) is 7.46. The summed E-state index contributed by atoms with van der Waals surface area (Å²) in [5, 5.41) is 8.47. The fraction of sp³-hybridized carbons (Fsp3) is 0.118. The molecule has 0 aliphatic rings. The molecule has 6 nitrogen and oxygen atoms in total. The van der Waals surface area contributed by atoms with Gasteiger partial charge in [0.2, 0.25) is 10.0 Å². The molecule has 0 saturated carbocycles. The number of fused-ring (bicyclic) bond motifs is 1. The van der Waals surface area contributed by atoms with E-state index in [-0.39, 0.29) is 22.7 Å². The second-order valence-corrected chi connectivity index (χ2v) is 7.29. The minimum Gasteiger partial charge on any atom is -0.351 e. The van der Waals surface area contributed by atoms with Crippen molar-refractivity contribution in [3.63, 3.8) is 0 Å². The summed E-state index contributed by atoms with van der Waals surface area (Å²) in [5.74, 6) is -0.721. The minimum atomic E-state index is -3.75. The molecule has 0 aliphatic heterocycles. The number of amides is 1. The van der Waals surface area contributed by atoms with E-state index in [2.05, 4.69) is 10.3 Å². The summed E-state index contributed by atoms with van der Waals surface area (Å²) >= 11 is 0. The summed E-state index contributed by atoms with van der Waals surface area (Å²) < 4.78 is 35.8. The van der Waals surface area contributed by atoms with Crippen LogP contribution in [0.2, 0.25) is 0 Å². The number of nitrogens with one attached hydrogen (secondary N) is 2. The molecule has 0 unspecified atom stereocenters. The Balaban J connectivity index is 1.77. The molecule has 0 aliphatic carbocycles. The van der Waals surface area contributed by atoms with Crippen LogP contribution in [0.5, 0.6) is 0 Å². The summed E-state index contributed by atoms with van der Waals surface area (Å²) in [6.07, 6.45) is 0. The van der Waals surface area contributed by atoms with Gasteiger partial charge in [-0.05, 0) is 48.9 Å². The number of H-pyrrole nitrogens is 1. The molecule has 0 radical (unpaired) electrons. The molecule has 130 valence electrons. The Labute approximate surface area is 143 Å². The topological polar surface area (TPSA) is 105 Å². The second-order valence-electron chi connectivity index (χ2n) is 5.72. The molecule has 0 saturated heterocycles. The SMILES string of the molecule is C[C@@H](NC(=O)c1cc2cc(F)ccc2[nH]1)c1ccc(S(N)(=O)=O)cc1. The van der Waals surface area contributed by atoms with Crippen LogP contribution >= 0.6 is 0 Å². The Morgan fingerprint density at radius 3 is 2.48 bits per heavy atom. The third-order valence-corrected chi connectivity index (χ3v) is 4.81. The van der Waals surface area contributed by atoms with Crippen molar-refractivity contribution in [3.05, 3.63) is 65.6 Å². The number of halogens is 1. The number of carbonyl (C=O) groups excluding carboxylic acids is 1. The number of rotatable bonds is 4. The van der Waals surface area contributed by atoms with Crippen molar-refractivity contribution in [1.82, 2.24) is 10.3 Å². The third kappa shape index (κ3) is 3.70. The van der Waals surface area contributed by atoms with Gasteiger partial charge >= 0.3 is 0 Å². The van der Waals surface area contributed by atoms with Gasteiger partial charge in [-0.3, -0.25) is 4.79 Å². The van der Waals surface area contributed by atoms with Crippen LogP contribution in [0.1, 0.15) is 29.0 Å². The van der Waals surface area contributed by atoms with Crippen molar-refractivity contribution >= 4 is 26.8 Å². The maximum absolute atomic E-state index is 13.2. The second kappa shape index (κ2) is 6.30. The van der Waals surface area contributed by atoms with E-state index in [9.17, 15) is 17.6 Å². The largest absolute Gasteiger partial charge is 0.351 e. The molecule has 3 aromatic rings. The number of aromatic amines is 1. The number of carbonyl (C=O) groups is 1. The maximum Gasteiger partial charge on any atom is 0.268 e. The Hall–Kier alpha value is -2.71. The van der Waals surface area contributed by atoms with E-state index in [1.54, 1.807) is 31.2 Å². The molecule has 0 spiro atoms. The van der Waals surface area contributed by atoms with Crippen LogP contribution in [0.15, 0.2) is 53.4 Å². The van der Waals surface area contributed by atoms with Crippen LogP contribution < -0.4 is 10.5 Å². The van der Waals surface area contributed by atoms with E-state index in [0.29, 0.717) is 16.6 Å². The maximum atomic E-state index is 13.2. The predicted octanol–water partition coefficient (Wildman–Crippen LogP) is 2.45. The van der Waals surface area contributed by atoms with Crippen LogP contribution in [-0.2, 0) is 10.0 Å². The number of hydrogen-bond acceptors (Lipinski definition) is 3. The molecule has 8 heteroatoms. The molecule has 4 N–H and O–H groups in total. The number of primary sulfonamides is 1. The van der Waals surface area contributed by atoms with Gasteiger partial charge in [0.15, 0.2) is 0 Å². The monoisotopic (exact) mass is 361 g/mol. The van der Waals surface area contributed by atoms with Gasteiger partial charge in [-0.25, -0.2) is 17.9 Å². The summed E-state index contributed by atoms with van der Waals surface area (Å²) in [6, 6.07) is 11.4. The summed E-state index contributed by atoms with van der Waals surface area (Å²) in [4.78, 5) is 15.3. The van der Waals surface area contributed by atoms with Gasteiger partial charge in [0.1, 0.15) is 11.5 Å². The average molecular weight is 361 g/mol. The average Bonchev–Trinajstić information content (AvgIpc) is 2.97. The third-order valence-electron chi connectivity index (χ3n) is 3.88. The quantitative estimate of drug-likeness (QED) is 0.664. The van der Waals surface area contributed by atoms with Gasteiger partial charge in [-0.1, -0.05) is 12.1 Å². The van der Waals surface area contributed by atoms with Crippen molar-refractivity contribution in [2.24, 2.45) is 5.14 Å². The molecule has 0 bridgehead atoms. The molecule has 3 rings (SSSR count). The lowest BCUT2D eigenvalue weighted by Crippen LogP contribution is -2.27. The van der Waals surface area contributed by atoms with E-state index in [1.807, 2.05) is 0 Å². The van der Waals surface area contributed by atoms with E-state index in [0.717, 1.165) is 5.56 Å². The van der Waals surface area contributed by atoms with Crippen LogP contribution in [-0.4, -0.2) is 19.3 Å². The molecular formula is C17H16FN3O3S. The van der Waals surface area contributed by atoms with E-state index in [4.69, 9.17) is 5.14 Å². The van der Waals surface area contributed by atoms with Crippen molar-refractivity contribution < 1.29 is 17.6 Å². The Kier molecular flexibility index (Phi) is 4.32. The van der Waals surface area contributed by atoms with E-state index in [1.165, 1.54) is 24.3 Å². The molecule has 25 heavy (non-hydrogen) atoms. The number of aromatic nitrogens is 1. The number of hydrogen-bond donors (Lipinski definition) is 3. The molecule has 1 heterocycles.